The van der Waals surface area contributed by atoms with Gasteiger partial charge in [0, 0.05) is 41.5 Å². The molecule has 0 bridgehead atoms. The van der Waals surface area contributed by atoms with Crippen molar-refractivity contribution in [3.8, 4) is 5.75 Å². The van der Waals surface area contributed by atoms with Gasteiger partial charge < -0.3 is 24.5 Å². The summed E-state index contributed by atoms with van der Waals surface area (Å²) in [5.74, 6) is -0.479. The number of aromatic carboxylic acids is 1. The summed E-state index contributed by atoms with van der Waals surface area (Å²) >= 11 is 1.73. The molecule has 6 heteroatoms. The predicted octanol–water partition coefficient (Wildman–Crippen LogP) is 3.46. The van der Waals surface area contributed by atoms with E-state index in [1.165, 1.54) is 4.88 Å². The number of nitrogens with one attached hydrogen (secondary N) is 1. The quantitative estimate of drug-likeness (QED) is 0.422. The molecule has 0 aliphatic rings. The largest absolute Gasteiger partial charge is 0.543 e. The highest BCUT2D eigenvalue weighted by atomic mass is 32.1. The number of fused-ring (bicyclic) bond motifs is 1. The normalized spacial score (nSPS) is 11.1. The van der Waals surface area contributed by atoms with Gasteiger partial charge in [0.2, 0.25) is 0 Å². The molecule has 0 saturated carbocycles. The molecule has 0 aliphatic heterocycles. The van der Waals surface area contributed by atoms with Crippen molar-refractivity contribution in [3.63, 3.8) is 0 Å². The van der Waals surface area contributed by atoms with E-state index in [9.17, 15) is 9.90 Å². The summed E-state index contributed by atoms with van der Waals surface area (Å²) in [4.78, 5) is 13.5. The van der Waals surface area contributed by atoms with E-state index in [0.29, 0.717) is 18.8 Å². The minimum atomic E-state index is -1.17. The molecule has 2 aromatic heterocycles. The average Bonchev–Trinajstić information content (AvgIpc) is 3.38. The Hall–Kier alpha value is -3.09. The molecule has 4 aromatic rings. The first-order valence-electron chi connectivity index (χ1n) is 9.85. The van der Waals surface area contributed by atoms with Gasteiger partial charge in [-0.05, 0) is 35.6 Å². The molecule has 0 fully saturated rings. The monoisotopic (exact) mass is 419 g/mol. The number of carboxylic acid groups (broad SMARTS) is 1. The lowest BCUT2D eigenvalue weighted by atomic mass is 10.1. The van der Waals surface area contributed by atoms with Gasteiger partial charge in [-0.2, -0.15) is 0 Å². The number of rotatable bonds is 9. The third-order valence-corrected chi connectivity index (χ3v) is 6.12. The highest BCUT2D eigenvalue weighted by molar-refractivity contribution is 7.09. The number of thiophene rings is 1. The first-order chi connectivity index (χ1) is 14.7. The lowest BCUT2D eigenvalue weighted by Crippen LogP contribution is -2.28. The van der Waals surface area contributed by atoms with Gasteiger partial charge in [-0.1, -0.05) is 36.4 Å². The maximum absolute atomic E-state index is 12.2. The second-order valence-electron chi connectivity index (χ2n) is 7.08. The number of hydrogen-bond donors (Lipinski definition) is 1. The molecule has 0 saturated heterocycles. The molecule has 0 spiro atoms. The number of carboxylic acids is 1. The molecular weight excluding hydrogens is 396 g/mol. The molecule has 2 aromatic carbocycles. The molecule has 1 N–H and O–H groups in total. The van der Waals surface area contributed by atoms with Gasteiger partial charge >= 0.3 is 0 Å². The van der Waals surface area contributed by atoms with Crippen molar-refractivity contribution in [1.82, 2.24) is 9.88 Å². The Labute approximate surface area is 179 Å². The molecule has 0 atom stereocenters. The minimum absolute atomic E-state index is 0.214. The SMILES string of the molecule is COc1ccc2c(CNCCc3cccs3)c(C(=O)[O-])n(Cc3ccccc3)c2c1. The van der Waals surface area contributed by atoms with Crippen LogP contribution >= 0.6 is 11.3 Å². The van der Waals surface area contributed by atoms with E-state index in [2.05, 4.69) is 16.8 Å². The molecule has 0 aliphatic carbocycles. The number of carbonyl (C=O) groups is 1. The van der Waals surface area contributed by atoms with Crippen molar-refractivity contribution >= 4 is 28.2 Å². The number of hydrogen-bond acceptors (Lipinski definition) is 5. The first-order valence-corrected chi connectivity index (χ1v) is 10.7. The summed E-state index contributed by atoms with van der Waals surface area (Å²) in [7, 11) is 1.61. The predicted molar refractivity (Wildman–Crippen MR) is 118 cm³/mol. The van der Waals surface area contributed by atoms with E-state index in [1.807, 2.05) is 59.2 Å². The van der Waals surface area contributed by atoms with E-state index in [4.69, 9.17) is 4.74 Å². The Balaban J connectivity index is 1.70. The number of nitrogens with zero attached hydrogens (tertiary/aromatic N) is 1. The maximum Gasteiger partial charge on any atom is 0.120 e. The van der Waals surface area contributed by atoms with E-state index in [0.717, 1.165) is 35.0 Å². The van der Waals surface area contributed by atoms with Crippen molar-refractivity contribution in [1.29, 1.82) is 0 Å². The molecule has 0 unspecified atom stereocenters. The molecule has 2 heterocycles. The van der Waals surface area contributed by atoms with E-state index >= 15 is 0 Å². The zero-order chi connectivity index (χ0) is 20.9. The van der Waals surface area contributed by atoms with Gasteiger partial charge in [-0.25, -0.2) is 0 Å². The maximum atomic E-state index is 12.2. The number of carbonyl (C=O) groups excluding carboxylic acids is 1. The van der Waals surface area contributed by atoms with Gasteiger partial charge in [0.25, 0.3) is 0 Å². The second-order valence-corrected chi connectivity index (χ2v) is 8.11. The number of ether oxygens (including phenoxy) is 1. The minimum Gasteiger partial charge on any atom is -0.543 e. The van der Waals surface area contributed by atoms with Crippen molar-refractivity contribution in [2.75, 3.05) is 13.7 Å². The smallest absolute Gasteiger partial charge is 0.120 e. The van der Waals surface area contributed by atoms with E-state index < -0.39 is 5.97 Å². The fraction of sp³-hybridized carbons (Fsp3) is 0.208. The Morgan fingerprint density at radius 1 is 1.13 bits per heavy atom. The summed E-state index contributed by atoms with van der Waals surface area (Å²) in [6.07, 6.45) is 0.912. The van der Waals surface area contributed by atoms with Crippen LogP contribution in [0, 0.1) is 0 Å². The van der Waals surface area contributed by atoms with Crippen LogP contribution < -0.4 is 15.2 Å². The fourth-order valence-electron chi connectivity index (χ4n) is 3.75. The van der Waals surface area contributed by atoms with Crippen molar-refractivity contribution in [2.45, 2.75) is 19.5 Å². The van der Waals surface area contributed by atoms with Crippen LogP contribution in [-0.4, -0.2) is 24.2 Å². The molecule has 5 nitrogen and oxygen atoms in total. The van der Waals surface area contributed by atoms with E-state index in [1.54, 1.807) is 18.4 Å². The van der Waals surface area contributed by atoms with Crippen LogP contribution in [0.2, 0.25) is 0 Å². The van der Waals surface area contributed by atoms with Gasteiger partial charge in [0.1, 0.15) is 5.75 Å². The number of aromatic nitrogens is 1. The first kappa shape index (κ1) is 20.2. The Kier molecular flexibility index (Phi) is 6.16. The lowest BCUT2D eigenvalue weighted by molar-refractivity contribution is -0.255. The van der Waals surface area contributed by atoms with Gasteiger partial charge in [-0.15, -0.1) is 11.3 Å². The van der Waals surface area contributed by atoms with Crippen LogP contribution in [0.15, 0.2) is 66.0 Å². The van der Waals surface area contributed by atoms with Crippen LogP contribution in [-0.2, 0) is 19.5 Å². The van der Waals surface area contributed by atoms with E-state index in [-0.39, 0.29) is 5.69 Å². The molecule has 4 rings (SSSR count). The highest BCUT2D eigenvalue weighted by Gasteiger charge is 2.19. The van der Waals surface area contributed by atoms with Gasteiger partial charge in [-0.3, -0.25) is 0 Å². The summed E-state index contributed by atoms with van der Waals surface area (Å²) in [6.45, 7) is 1.68. The van der Waals surface area contributed by atoms with Crippen LogP contribution in [0.3, 0.4) is 0 Å². The molecule has 30 heavy (non-hydrogen) atoms. The van der Waals surface area contributed by atoms with Gasteiger partial charge in [0.15, 0.2) is 0 Å². The topological polar surface area (TPSA) is 66.3 Å². The Bertz CT molecular complexity index is 1130. The van der Waals surface area contributed by atoms with Crippen LogP contribution in [0.5, 0.6) is 5.75 Å². The van der Waals surface area contributed by atoms with Crippen molar-refractivity contribution in [2.24, 2.45) is 0 Å². The van der Waals surface area contributed by atoms with Crippen LogP contribution in [0.1, 0.15) is 26.5 Å². The standard InChI is InChI=1S/C24H24N2O3S/c1-29-18-9-10-20-21(15-25-12-11-19-8-5-13-30-19)23(24(27)28)26(22(20)14-18)16-17-6-3-2-4-7-17/h2-10,13-14,25H,11-12,15-16H2,1H3,(H,27,28)/p-1. The highest BCUT2D eigenvalue weighted by Crippen LogP contribution is 2.30. The summed E-state index contributed by atoms with van der Waals surface area (Å²) in [5, 5.41) is 18.6. The number of benzene rings is 2. The fourth-order valence-corrected chi connectivity index (χ4v) is 4.46. The Morgan fingerprint density at radius 2 is 1.97 bits per heavy atom. The lowest BCUT2D eigenvalue weighted by Gasteiger charge is -2.14. The summed E-state index contributed by atoms with van der Waals surface area (Å²) in [6, 6.07) is 19.7. The molecule has 0 amide bonds. The zero-order valence-corrected chi connectivity index (χ0v) is 17.6. The van der Waals surface area contributed by atoms with Crippen LogP contribution in [0.25, 0.3) is 10.9 Å². The zero-order valence-electron chi connectivity index (χ0n) is 16.8. The Morgan fingerprint density at radius 3 is 2.67 bits per heavy atom. The summed E-state index contributed by atoms with van der Waals surface area (Å²) < 4.78 is 7.20. The molecular formula is C24H23N2O3S-. The number of methoxy groups -OCH3 is 1. The van der Waals surface area contributed by atoms with Crippen LogP contribution in [0.4, 0.5) is 0 Å². The van der Waals surface area contributed by atoms with Crippen molar-refractivity contribution in [3.05, 3.63) is 87.7 Å². The molecule has 0 radical (unpaired) electrons. The third kappa shape index (κ3) is 4.25. The third-order valence-electron chi connectivity index (χ3n) is 5.18. The molecule has 154 valence electrons. The van der Waals surface area contributed by atoms with Gasteiger partial charge in [0.05, 0.1) is 24.3 Å². The second kappa shape index (κ2) is 9.15. The summed E-state index contributed by atoms with van der Waals surface area (Å²) in [5.41, 5.74) is 2.81. The average molecular weight is 420 g/mol. The van der Waals surface area contributed by atoms with Crippen molar-refractivity contribution < 1.29 is 14.6 Å².